The van der Waals surface area contributed by atoms with Crippen LogP contribution in [-0.4, -0.2) is 16.0 Å². The maximum absolute atomic E-state index is 11.8. The molecule has 0 N–H and O–H groups in total. The third-order valence-corrected chi connectivity index (χ3v) is 3.77. The van der Waals surface area contributed by atoms with Crippen LogP contribution in [0, 0.1) is 17.0 Å². The lowest BCUT2D eigenvalue weighted by atomic mass is 10.1. The van der Waals surface area contributed by atoms with E-state index in [-0.39, 0.29) is 12.3 Å². The standard InChI is InChI=1S/C20H16N2O5/c1-14-2-7-16(8-3-14)19-12-17(21-27-19)13-26-20(23)11-6-15-4-9-18(10-5-15)22(24)25/h2-12H,13H2,1H3/b11-6-. The third kappa shape index (κ3) is 4.88. The van der Waals surface area contributed by atoms with Crippen molar-refractivity contribution >= 4 is 17.7 Å². The SMILES string of the molecule is Cc1ccc(-c2cc(COC(=O)/C=C\c3ccc([N+](=O)[O-])cc3)no2)cc1. The van der Waals surface area contributed by atoms with Gasteiger partial charge in [-0.25, -0.2) is 4.79 Å². The molecular weight excluding hydrogens is 348 g/mol. The van der Waals surface area contributed by atoms with Crippen molar-refractivity contribution in [3.8, 4) is 11.3 Å². The van der Waals surface area contributed by atoms with E-state index in [0.717, 1.165) is 11.1 Å². The number of nitrogens with zero attached hydrogens (tertiary/aromatic N) is 2. The summed E-state index contributed by atoms with van der Waals surface area (Å²) in [7, 11) is 0. The van der Waals surface area contributed by atoms with E-state index in [2.05, 4.69) is 5.16 Å². The Balaban J connectivity index is 1.54. The summed E-state index contributed by atoms with van der Waals surface area (Å²) in [4.78, 5) is 21.9. The van der Waals surface area contributed by atoms with Crippen LogP contribution in [0.2, 0.25) is 0 Å². The summed E-state index contributed by atoms with van der Waals surface area (Å²) in [6.45, 7) is 1.98. The number of nitro groups is 1. The minimum absolute atomic E-state index is 0.00913. The van der Waals surface area contributed by atoms with Gasteiger partial charge in [0.05, 0.1) is 4.92 Å². The summed E-state index contributed by atoms with van der Waals surface area (Å²) in [5.74, 6) is 0.0516. The fourth-order valence-corrected chi connectivity index (χ4v) is 2.30. The highest BCUT2D eigenvalue weighted by Crippen LogP contribution is 2.21. The van der Waals surface area contributed by atoms with Crippen LogP contribution in [0.25, 0.3) is 17.4 Å². The number of hydrogen-bond donors (Lipinski definition) is 0. The Kier molecular flexibility index (Phi) is 5.41. The molecule has 136 valence electrons. The van der Waals surface area contributed by atoms with E-state index < -0.39 is 10.9 Å². The molecule has 0 unspecified atom stereocenters. The van der Waals surface area contributed by atoms with Gasteiger partial charge < -0.3 is 9.26 Å². The number of esters is 1. The second kappa shape index (κ2) is 8.09. The average molecular weight is 364 g/mol. The van der Waals surface area contributed by atoms with Crippen molar-refractivity contribution in [2.45, 2.75) is 13.5 Å². The number of carbonyl (C=O) groups is 1. The maximum Gasteiger partial charge on any atom is 0.331 e. The molecule has 0 aliphatic rings. The van der Waals surface area contributed by atoms with Crippen LogP contribution in [0.5, 0.6) is 0 Å². The van der Waals surface area contributed by atoms with Gasteiger partial charge in [-0.05, 0) is 30.7 Å². The second-order valence-electron chi connectivity index (χ2n) is 5.84. The molecule has 0 aliphatic carbocycles. The largest absolute Gasteiger partial charge is 0.456 e. The Labute approximate surface area is 155 Å². The summed E-state index contributed by atoms with van der Waals surface area (Å²) < 4.78 is 10.4. The van der Waals surface area contributed by atoms with Crippen LogP contribution < -0.4 is 0 Å². The van der Waals surface area contributed by atoms with Crippen LogP contribution in [0.15, 0.2) is 65.2 Å². The van der Waals surface area contributed by atoms with Crippen LogP contribution in [0.1, 0.15) is 16.8 Å². The van der Waals surface area contributed by atoms with Crippen LogP contribution in [0.3, 0.4) is 0 Å². The minimum Gasteiger partial charge on any atom is -0.456 e. The first-order valence-corrected chi connectivity index (χ1v) is 8.13. The van der Waals surface area contributed by atoms with E-state index in [4.69, 9.17) is 9.26 Å². The molecule has 7 heteroatoms. The molecule has 0 bridgehead atoms. The Morgan fingerprint density at radius 1 is 1.19 bits per heavy atom. The van der Waals surface area contributed by atoms with E-state index in [1.165, 1.54) is 24.3 Å². The zero-order valence-corrected chi connectivity index (χ0v) is 14.5. The molecule has 7 nitrogen and oxygen atoms in total. The number of ether oxygens (including phenoxy) is 1. The van der Waals surface area contributed by atoms with Gasteiger partial charge in [-0.2, -0.15) is 0 Å². The molecule has 3 rings (SSSR count). The predicted octanol–water partition coefficient (Wildman–Crippen LogP) is 4.31. The van der Waals surface area contributed by atoms with E-state index in [0.29, 0.717) is 17.0 Å². The van der Waals surface area contributed by atoms with Gasteiger partial charge in [-0.15, -0.1) is 0 Å². The fourth-order valence-electron chi connectivity index (χ4n) is 2.30. The molecule has 2 aromatic carbocycles. The lowest BCUT2D eigenvalue weighted by Gasteiger charge is -1.98. The van der Waals surface area contributed by atoms with E-state index in [1.807, 2.05) is 31.2 Å². The Bertz CT molecular complexity index is 972. The summed E-state index contributed by atoms with van der Waals surface area (Å²) >= 11 is 0. The number of hydrogen-bond acceptors (Lipinski definition) is 6. The molecule has 1 aromatic heterocycles. The first-order valence-electron chi connectivity index (χ1n) is 8.13. The summed E-state index contributed by atoms with van der Waals surface area (Å²) in [6, 6.07) is 15.4. The van der Waals surface area contributed by atoms with Crippen molar-refractivity contribution in [2.75, 3.05) is 0 Å². The summed E-state index contributed by atoms with van der Waals surface area (Å²) in [5, 5.41) is 14.5. The molecule has 0 atom stereocenters. The summed E-state index contributed by atoms with van der Waals surface area (Å²) in [6.07, 6.45) is 2.77. The average Bonchev–Trinajstić information content (AvgIpc) is 3.14. The van der Waals surface area contributed by atoms with Crippen molar-refractivity contribution in [3.63, 3.8) is 0 Å². The highest BCUT2D eigenvalue weighted by Gasteiger charge is 2.08. The molecule has 1 heterocycles. The van der Waals surface area contributed by atoms with Crippen molar-refractivity contribution in [2.24, 2.45) is 0 Å². The number of rotatable bonds is 6. The number of carbonyl (C=O) groups excluding carboxylic acids is 1. The third-order valence-electron chi connectivity index (χ3n) is 3.77. The van der Waals surface area contributed by atoms with E-state index >= 15 is 0 Å². The normalized spacial score (nSPS) is 10.9. The molecular formula is C20H16N2O5. The van der Waals surface area contributed by atoms with Gasteiger partial charge in [0.1, 0.15) is 12.3 Å². The lowest BCUT2D eigenvalue weighted by Crippen LogP contribution is -2.00. The molecule has 0 aliphatic heterocycles. The minimum atomic E-state index is -0.548. The fraction of sp³-hybridized carbons (Fsp3) is 0.100. The van der Waals surface area contributed by atoms with Gasteiger partial charge in [0.2, 0.25) is 0 Å². The Morgan fingerprint density at radius 3 is 2.56 bits per heavy atom. The molecule has 0 radical (unpaired) electrons. The van der Waals surface area contributed by atoms with Crippen molar-refractivity contribution in [1.29, 1.82) is 0 Å². The second-order valence-corrected chi connectivity index (χ2v) is 5.84. The molecule has 0 spiro atoms. The number of benzene rings is 2. The number of aryl methyl sites for hydroxylation is 1. The van der Waals surface area contributed by atoms with E-state index in [9.17, 15) is 14.9 Å². The van der Waals surface area contributed by atoms with Gasteiger partial charge >= 0.3 is 5.97 Å². The van der Waals surface area contributed by atoms with Gasteiger partial charge in [0.15, 0.2) is 5.76 Å². The highest BCUT2D eigenvalue weighted by molar-refractivity contribution is 5.87. The number of nitro benzene ring substituents is 1. The lowest BCUT2D eigenvalue weighted by molar-refractivity contribution is -0.384. The topological polar surface area (TPSA) is 95.5 Å². The quantitative estimate of drug-likeness (QED) is 0.280. The molecule has 3 aromatic rings. The zero-order chi connectivity index (χ0) is 19.2. The maximum atomic E-state index is 11.8. The van der Waals surface area contributed by atoms with Crippen molar-refractivity contribution < 1.29 is 19.0 Å². The van der Waals surface area contributed by atoms with Gasteiger partial charge in [-0.1, -0.05) is 35.0 Å². The van der Waals surface area contributed by atoms with Crippen LogP contribution in [0.4, 0.5) is 5.69 Å². The zero-order valence-electron chi connectivity index (χ0n) is 14.5. The van der Waals surface area contributed by atoms with Gasteiger partial charge in [-0.3, -0.25) is 10.1 Å². The Hall–Kier alpha value is -3.74. The molecule has 0 saturated heterocycles. The highest BCUT2D eigenvalue weighted by atomic mass is 16.6. The number of aromatic nitrogens is 1. The van der Waals surface area contributed by atoms with Crippen LogP contribution in [-0.2, 0) is 16.1 Å². The van der Waals surface area contributed by atoms with E-state index in [1.54, 1.807) is 18.2 Å². The Morgan fingerprint density at radius 2 is 1.89 bits per heavy atom. The van der Waals surface area contributed by atoms with Crippen LogP contribution >= 0.6 is 0 Å². The van der Waals surface area contributed by atoms with Crippen molar-refractivity contribution in [3.05, 3.63) is 87.6 Å². The first kappa shape index (κ1) is 18.1. The molecule has 27 heavy (non-hydrogen) atoms. The molecule has 0 saturated carbocycles. The number of non-ortho nitro benzene ring substituents is 1. The van der Waals surface area contributed by atoms with Gasteiger partial charge in [0, 0.05) is 29.8 Å². The summed E-state index contributed by atoms with van der Waals surface area (Å²) in [5.41, 5.74) is 3.18. The molecule has 0 amide bonds. The predicted molar refractivity (Wildman–Crippen MR) is 98.6 cm³/mol. The smallest absolute Gasteiger partial charge is 0.331 e. The van der Waals surface area contributed by atoms with Gasteiger partial charge in [0.25, 0.3) is 5.69 Å². The van der Waals surface area contributed by atoms with Crippen molar-refractivity contribution in [1.82, 2.24) is 5.16 Å². The monoisotopic (exact) mass is 364 g/mol. The molecule has 0 fully saturated rings. The first-order chi connectivity index (χ1) is 13.0.